The maximum absolute atomic E-state index is 13.0. The molecule has 0 saturated heterocycles. The van der Waals surface area contributed by atoms with Crippen molar-refractivity contribution in [2.75, 3.05) is 17.7 Å². The average Bonchev–Trinajstić information content (AvgIpc) is 3.14. The molecule has 3 heterocycles. The van der Waals surface area contributed by atoms with Crippen molar-refractivity contribution in [1.82, 2.24) is 4.57 Å². The Morgan fingerprint density at radius 1 is 1.06 bits per heavy atom. The van der Waals surface area contributed by atoms with E-state index in [9.17, 15) is 9.59 Å². The van der Waals surface area contributed by atoms with Gasteiger partial charge in [0.05, 0.1) is 11.6 Å². The Morgan fingerprint density at radius 2 is 1.88 bits per heavy atom. The summed E-state index contributed by atoms with van der Waals surface area (Å²) in [7, 11) is 0. The maximum Gasteiger partial charge on any atom is 0.308 e. The van der Waals surface area contributed by atoms with Crippen LogP contribution in [-0.2, 0) is 11.3 Å². The molecule has 160 valence electrons. The second kappa shape index (κ2) is 7.83. The molecule has 0 aliphatic carbocycles. The van der Waals surface area contributed by atoms with Crippen molar-refractivity contribution in [3.63, 3.8) is 0 Å². The van der Waals surface area contributed by atoms with Gasteiger partial charge in [-0.15, -0.1) is 11.8 Å². The van der Waals surface area contributed by atoms with Crippen molar-refractivity contribution in [3.8, 4) is 5.75 Å². The molecule has 0 bridgehead atoms. The molecule has 5 nitrogen and oxygen atoms in total. The van der Waals surface area contributed by atoms with Crippen molar-refractivity contribution >= 4 is 45.5 Å². The molecule has 32 heavy (non-hydrogen) atoms. The van der Waals surface area contributed by atoms with Gasteiger partial charge in [0.1, 0.15) is 12.3 Å². The average molecular weight is 461 g/mol. The van der Waals surface area contributed by atoms with Crippen LogP contribution in [0.25, 0.3) is 10.8 Å². The van der Waals surface area contributed by atoms with Gasteiger partial charge in [0.15, 0.2) is 0 Å². The lowest BCUT2D eigenvalue weighted by molar-refractivity contribution is -0.116. The quantitative estimate of drug-likeness (QED) is 0.470. The Hall–Kier alpha value is -3.03. The number of ether oxygens (including phenoxy) is 1. The number of carbonyl (C=O) groups excluding carboxylic acids is 1. The summed E-state index contributed by atoms with van der Waals surface area (Å²) in [6.45, 7) is 0.665. The maximum atomic E-state index is 13.0. The number of benzene rings is 3. The Bertz CT molecular complexity index is 1400. The summed E-state index contributed by atoms with van der Waals surface area (Å²) in [5.74, 6) is 2.05. The van der Waals surface area contributed by atoms with Gasteiger partial charge in [-0.3, -0.25) is 14.2 Å². The number of rotatable bonds is 3. The van der Waals surface area contributed by atoms with Crippen molar-refractivity contribution in [3.05, 3.63) is 86.8 Å². The summed E-state index contributed by atoms with van der Waals surface area (Å²) in [6, 6.07) is 21.8. The second-order valence-corrected chi connectivity index (χ2v) is 10.1. The molecule has 0 fully saturated rings. The van der Waals surface area contributed by atoms with Gasteiger partial charge in [0.2, 0.25) is 5.91 Å². The standard InChI is InChI=1S/C25H20N2O3S2/c28-21(26-19-10-5-7-15-6-1-2-8-17(15)19)12-27-24-23(32-25(27)29)22-16(14-31-24)13-30-20-11-4-3-9-18(20)22/h1-11,16,22H,12-14H2,(H,26,28). The SMILES string of the molecule is O=C(Cn1c2c(sc1=O)C1c3ccccc3OCC1CS2)Nc1cccc2ccccc12. The molecule has 0 radical (unpaired) electrons. The smallest absolute Gasteiger partial charge is 0.308 e. The fourth-order valence-electron chi connectivity index (χ4n) is 4.66. The van der Waals surface area contributed by atoms with Crippen LogP contribution in [0.2, 0.25) is 0 Å². The summed E-state index contributed by atoms with van der Waals surface area (Å²) in [5, 5.41) is 5.98. The molecule has 7 heteroatoms. The summed E-state index contributed by atoms with van der Waals surface area (Å²) < 4.78 is 7.59. The highest BCUT2D eigenvalue weighted by Crippen LogP contribution is 2.50. The summed E-state index contributed by atoms with van der Waals surface area (Å²) >= 11 is 2.93. The van der Waals surface area contributed by atoms with Crippen molar-refractivity contribution in [2.24, 2.45) is 5.92 Å². The number of nitrogens with zero attached hydrogens (tertiary/aromatic N) is 1. The highest BCUT2D eigenvalue weighted by molar-refractivity contribution is 7.99. The van der Waals surface area contributed by atoms with Crippen LogP contribution >= 0.6 is 23.1 Å². The van der Waals surface area contributed by atoms with E-state index in [0.29, 0.717) is 12.5 Å². The summed E-state index contributed by atoms with van der Waals surface area (Å²) in [6.07, 6.45) is 0. The Morgan fingerprint density at radius 3 is 2.81 bits per heavy atom. The van der Waals surface area contributed by atoms with Crippen LogP contribution in [0, 0.1) is 5.92 Å². The van der Waals surface area contributed by atoms with Gasteiger partial charge >= 0.3 is 4.87 Å². The molecule has 2 aliphatic rings. The third-order valence-corrected chi connectivity index (χ3v) is 8.63. The van der Waals surface area contributed by atoms with E-state index in [2.05, 4.69) is 11.4 Å². The van der Waals surface area contributed by atoms with E-state index in [1.807, 2.05) is 60.7 Å². The number of hydrogen-bond acceptors (Lipinski definition) is 5. The number of hydrogen-bond donors (Lipinski definition) is 1. The molecular weight excluding hydrogens is 440 g/mol. The molecule has 6 rings (SSSR count). The third-order valence-electron chi connectivity index (χ3n) is 6.13. The molecular formula is C25H20N2O3S2. The molecule has 0 spiro atoms. The lowest BCUT2D eigenvalue weighted by atomic mass is 9.84. The van der Waals surface area contributed by atoms with Crippen molar-refractivity contribution in [1.29, 1.82) is 0 Å². The van der Waals surface area contributed by atoms with Gasteiger partial charge in [-0.2, -0.15) is 0 Å². The third kappa shape index (κ3) is 3.24. The van der Waals surface area contributed by atoms with E-state index in [1.165, 1.54) is 11.3 Å². The van der Waals surface area contributed by atoms with E-state index in [0.717, 1.165) is 43.4 Å². The number of fused-ring (bicyclic) bond motifs is 6. The highest BCUT2D eigenvalue weighted by Gasteiger charge is 2.39. The fourth-order valence-corrected chi connectivity index (χ4v) is 7.35. The lowest BCUT2D eigenvalue weighted by Crippen LogP contribution is -2.31. The van der Waals surface area contributed by atoms with Gasteiger partial charge in [-0.1, -0.05) is 65.9 Å². The normalized spacial score (nSPS) is 18.9. The topological polar surface area (TPSA) is 60.3 Å². The number of thioether (sulfide) groups is 1. The van der Waals surface area contributed by atoms with E-state index in [1.54, 1.807) is 16.3 Å². The minimum atomic E-state index is -0.195. The summed E-state index contributed by atoms with van der Waals surface area (Å²) in [4.78, 5) is 26.9. The number of thiazole rings is 1. The first kappa shape index (κ1) is 19.6. The number of nitrogens with one attached hydrogen (secondary N) is 1. The lowest BCUT2D eigenvalue weighted by Gasteiger charge is -2.36. The monoisotopic (exact) mass is 460 g/mol. The van der Waals surface area contributed by atoms with E-state index in [-0.39, 0.29) is 23.2 Å². The predicted octanol–water partition coefficient (Wildman–Crippen LogP) is 4.95. The van der Waals surface area contributed by atoms with Crippen molar-refractivity contribution in [2.45, 2.75) is 17.5 Å². The van der Waals surface area contributed by atoms with Gasteiger partial charge < -0.3 is 10.1 Å². The van der Waals surface area contributed by atoms with Gasteiger partial charge in [0.25, 0.3) is 0 Å². The molecule has 1 N–H and O–H groups in total. The second-order valence-electron chi connectivity index (χ2n) is 8.10. The highest BCUT2D eigenvalue weighted by atomic mass is 32.2. The molecule has 3 aromatic carbocycles. The predicted molar refractivity (Wildman–Crippen MR) is 129 cm³/mol. The molecule has 2 aliphatic heterocycles. The molecule has 2 unspecified atom stereocenters. The molecule has 1 aromatic heterocycles. The minimum Gasteiger partial charge on any atom is -0.493 e. The van der Waals surface area contributed by atoms with Crippen LogP contribution in [-0.4, -0.2) is 22.8 Å². The van der Waals surface area contributed by atoms with Gasteiger partial charge in [-0.05, 0) is 17.5 Å². The Kier molecular flexibility index (Phi) is 4.81. The van der Waals surface area contributed by atoms with Crippen LogP contribution in [0.4, 0.5) is 5.69 Å². The first-order valence-electron chi connectivity index (χ1n) is 10.5. The van der Waals surface area contributed by atoms with Gasteiger partial charge in [-0.25, -0.2) is 0 Å². The largest absolute Gasteiger partial charge is 0.493 e. The van der Waals surface area contributed by atoms with Crippen LogP contribution in [0.15, 0.2) is 76.6 Å². The molecule has 2 atom stereocenters. The fraction of sp³-hybridized carbons (Fsp3) is 0.200. The zero-order valence-corrected chi connectivity index (χ0v) is 18.7. The number of anilines is 1. The van der Waals surface area contributed by atoms with E-state index in [4.69, 9.17) is 4.74 Å². The number of amides is 1. The number of carbonyl (C=O) groups is 1. The Balaban J connectivity index is 1.32. The zero-order valence-electron chi connectivity index (χ0n) is 17.1. The zero-order chi connectivity index (χ0) is 21.7. The first-order valence-corrected chi connectivity index (χ1v) is 12.3. The first-order chi connectivity index (χ1) is 15.7. The van der Waals surface area contributed by atoms with Crippen LogP contribution in [0.3, 0.4) is 0 Å². The number of aromatic nitrogens is 1. The molecule has 4 aromatic rings. The van der Waals surface area contributed by atoms with Crippen LogP contribution < -0.4 is 14.9 Å². The van der Waals surface area contributed by atoms with Gasteiger partial charge in [0, 0.05) is 39.1 Å². The molecule has 1 amide bonds. The minimum absolute atomic E-state index is 0.0103. The van der Waals surface area contributed by atoms with E-state index < -0.39 is 0 Å². The Labute approximate surface area is 193 Å². The van der Waals surface area contributed by atoms with Crippen LogP contribution in [0.1, 0.15) is 16.4 Å². The molecule has 0 saturated carbocycles. The van der Waals surface area contributed by atoms with Crippen molar-refractivity contribution < 1.29 is 9.53 Å². The van der Waals surface area contributed by atoms with Crippen LogP contribution in [0.5, 0.6) is 5.75 Å². The number of para-hydroxylation sites is 1. The van der Waals surface area contributed by atoms with E-state index >= 15 is 0 Å². The summed E-state index contributed by atoms with van der Waals surface area (Å²) in [5.41, 5.74) is 1.90.